The van der Waals surface area contributed by atoms with Gasteiger partial charge in [-0.25, -0.2) is 8.42 Å². The monoisotopic (exact) mass is 334 g/mol. The van der Waals surface area contributed by atoms with E-state index in [-0.39, 0.29) is 10.6 Å². The van der Waals surface area contributed by atoms with Crippen LogP contribution in [0.4, 0.5) is 0 Å². The first kappa shape index (κ1) is 14.7. The molecule has 2 aromatic rings. The van der Waals surface area contributed by atoms with Gasteiger partial charge in [-0.05, 0) is 42.0 Å². The second kappa shape index (κ2) is 5.71. The van der Waals surface area contributed by atoms with Gasteiger partial charge in [0, 0.05) is 5.02 Å². The highest BCUT2D eigenvalue weighted by molar-refractivity contribution is 7.90. The van der Waals surface area contributed by atoms with Crippen LogP contribution in [0.15, 0.2) is 47.4 Å². The SMILES string of the molecule is O=S(=O)(Cc1ccc(Cl)c(Cl)c1)c1ccc(Cl)cc1. The van der Waals surface area contributed by atoms with Crippen LogP contribution in [0.2, 0.25) is 15.1 Å². The van der Waals surface area contributed by atoms with E-state index in [9.17, 15) is 8.42 Å². The molecule has 0 aliphatic rings. The normalized spacial score (nSPS) is 11.5. The molecule has 0 aliphatic carbocycles. The lowest BCUT2D eigenvalue weighted by Gasteiger charge is -2.06. The molecule has 100 valence electrons. The van der Waals surface area contributed by atoms with E-state index in [0.29, 0.717) is 20.6 Å². The van der Waals surface area contributed by atoms with Gasteiger partial charge in [-0.3, -0.25) is 0 Å². The van der Waals surface area contributed by atoms with Gasteiger partial charge < -0.3 is 0 Å². The summed E-state index contributed by atoms with van der Waals surface area (Å²) < 4.78 is 24.4. The van der Waals surface area contributed by atoms with Crippen molar-refractivity contribution in [1.29, 1.82) is 0 Å². The van der Waals surface area contributed by atoms with Crippen molar-refractivity contribution in [3.05, 3.63) is 63.1 Å². The Kier molecular flexibility index (Phi) is 4.41. The lowest BCUT2D eigenvalue weighted by molar-refractivity contribution is 0.595. The van der Waals surface area contributed by atoms with Crippen LogP contribution in [0.1, 0.15) is 5.56 Å². The molecule has 0 N–H and O–H groups in total. The summed E-state index contributed by atoms with van der Waals surface area (Å²) in [7, 11) is -3.42. The van der Waals surface area contributed by atoms with Gasteiger partial charge >= 0.3 is 0 Å². The van der Waals surface area contributed by atoms with E-state index in [4.69, 9.17) is 34.8 Å². The van der Waals surface area contributed by atoms with Crippen molar-refractivity contribution in [3.8, 4) is 0 Å². The predicted molar refractivity (Wildman–Crippen MR) is 78.8 cm³/mol. The lowest BCUT2D eigenvalue weighted by atomic mass is 10.2. The minimum Gasteiger partial charge on any atom is -0.223 e. The third-order valence-corrected chi connectivity index (χ3v) is 5.21. The Balaban J connectivity index is 2.30. The summed E-state index contributed by atoms with van der Waals surface area (Å²) >= 11 is 17.4. The minimum atomic E-state index is -3.42. The van der Waals surface area contributed by atoms with E-state index in [1.807, 2.05) is 0 Å². The molecule has 19 heavy (non-hydrogen) atoms. The van der Waals surface area contributed by atoms with Gasteiger partial charge in [0.05, 0.1) is 20.7 Å². The van der Waals surface area contributed by atoms with Crippen molar-refractivity contribution in [1.82, 2.24) is 0 Å². The topological polar surface area (TPSA) is 34.1 Å². The first-order valence-corrected chi connectivity index (χ1v) is 8.09. The molecule has 0 saturated heterocycles. The Morgan fingerprint density at radius 3 is 2.05 bits per heavy atom. The second-order valence-corrected chi connectivity index (χ2v) is 7.20. The van der Waals surface area contributed by atoms with Crippen LogP contribution >= 0.6 is 34.8 Å². The molecule has 6 heteroatoms. The summed E-state index contributed by atoms with van der Waals surface area (Å²) in [6, 6.07) is 10.8. The van der Waals surface area contributed by atoms with Crippen molar-refractivity contribution in [2.75, 3.05) is 0 Å². The highest BCUT2D eigenvalue weighted by atomic mass is 35.5. The van der Waals surface area contributed by atoms with E-state index in [0.717, 1.165) is 0 Å². The van der Waals surface area contributed by atoms with Crippen LogP contribution in [0.25, 0.3) is 0 Å². The van der Waals surface area contributed by atoms with Crippen LogP contribution < -0.4 is 0 Å². The smallest absolute Gasteiger partial charge is 0.182 e. The Labute approximate surface area is 126 Å². The number of benzene rings is 2. The summed E-state index contributed by atoms with van der Waals surface area (Å²) in [5, 5.41) is 1.23. The molecule has 0 unspecified atom stereocenters. The van der Waals surface area contributed by atoms with Gasteiger partial charge in [-0.1, -0.05) is 40.9 Å². The second-order valence-electron chi connectivity index (χ2n) is 3.96. The first-order valence-electron chi connectivity index (χ1n) is 5.31. The van der Waals surface area contributed by atoms with E-state index < -0.39 is 9.84 Å². The van der Waals surface area contributed by atoms with Crippen molar-refractivity contribution in [3.63, 3.8) is 0 Å². The molecule has 0 radical (unpaired) electrons. The van der Waals surface area contributed by atoms with Crippen molar-refractivity contribution < 1.29 is 8.42 Å². The average molecular weight is 336 g/mol. The third kappa shape index (κ3) is 3.63. The Morgan fingerprint density at radius 1 is 0.842 bits per heavy atom. The Bertz CT molecular complexity index is 694. The van der Waals surface area contributed by atoms with E-state index in [1.165, 1.54) is 12.1 Å². The summed E-state index contributed by atoms with van der Waals surface area (Å²) in [4.78, 5) is 0.225. The summed E-state index contributed by atoms with van der Waals surface area (Å²) in [6.07, 6.45) is 0. The van der Waals surface area contributed by atoms with Gasteiger partial charge in [-0.2, -0.15) is 0 Å². The van der Waals surface area contributed by atoms with Crippen LogP contribution in [0, 0.1) is 0 Å². The largest absolute Gasteiger partial charge is 0.223 e. The molecule has 0 fully saturated rings. The fourth-order valence-corrected chi connectivity index (χ4v) is 3.36. The molecular weight excluding hydrogens is 327 g/mol. The summed E-state index contributed by atoms with van der Waals surface area (Å²) in [5.41, 5.74) is 0.587. The first-order chi connectivity index (χ1) is 8.88. The van der Waals surface area contributed by atoms with Gasteiger partial charge in [0.15, 0.2) is 9.84 Å². The zero-order valence-corrected chi connectivity index (χ0v) is 12.7. The third-order valence-electron chi connectivity index (χ3n) is 2.51. The summed E-state index contributed by atoms with van der Waals surface area (Å²) in [5.74, 6) is -0.133. The van der Waals surface area contributed by atoms with Crippen LogP contribution in [-0.2, 0) is 15.6 Å². The number of hydrogen-bond acceptors (Lipinski definition) is 2. The number of rotatable bonds is 3. The lowest BCUT2D eigenvalue weighted by Crippen LogP contribution is -2.04. The van der Waals surface area contributed by atoms with Gasteiger partial charge in [-0.15, -0.1) is 0 Å². The van der Waals surface area contributed by atoms with Gasteiger partial charge in [0.2, 0.25) is 0 Å². The van der Waals surface area contributed by atoms with Crippen molar-refractivity contribution >= 4 is 44.6 Å². The zero-order valence-electron chi connectivity index (χ0n) is 9.61. The molecule has 0 atom stereocenters. The Hall–Kier alpha value is -0.740. The fourth-order valence-electron chi connectivity index (χ4n) is 1.57. The quantitative estimate of drug-likeness (QED) is 0.820. The maximum atomic E-state index is 12.2. The van der Waals surface area contributed by atoms with Gasteiger partial charge in [0.1, 0.15) is 0 Å². The molecule has 0 bridgehead atoms. The Morgan fingerprint density at radius 2 is 1.47 bits per heavy atom. The molecule has 2 nitrogen and oxygen atoms in total. The molecule has 0 heterocycles. The molecular formula is C13H9Cl3O2S. The highest BCUT2D eigenvalue weighted by Crippen LogP contribution is 2.25. The average Bonchev–Trinajstić information content (AvgIpc) is 2.34. The van der Waals surface area contributed by atoms with E-state index in [2.05, 4.69) is 0 Å². The number of hydrogen-bond donors (Lipinski definition) is 0. The minimum absolute atomic E-state index is 0.133. The van der Waals surface area contributed by atoms with Crippen LogP contribution in [-0.4, -0.2) is 8.42 Å². The predicted octanol–water partition coefficient (Wildman–Crippen LogP) is 4.62. The zero-order chi connectivity index (χ0) is 14.0. The number of sulfone groups is 1. The molecule has 2 rings (SSSR count). The molecule has 0 aromatic heterocycles. The van der Waals surface area contributed by atoms with Crippen LogP contribution in [0.3, 0.4) is 0 Å². The molecule has 2 aromatic carbocycles. The summed E-state index contributed by atoms with van der Waals surface area (Å²) in [6.45, 7) is 0. The maximum Gasteiger partial charge on any atom is 0.182 e. The van der Waals surface area contributed by atoms with E-state index in [1.54, 1.807) is 30.3 Å². The van der Waals surface area contributed by atoms with Gasteiger partial charge in [0.25, 0.3) is 0 Å². The van der Waals surface area contributed by atoms with E-state index >= 15 is 0 Å². The van der Waals surface area contributed by atoms with Crippen LogP contribution in [0.5, 0.6) is 0 Å². The molecule has 0 spiro atoms. The maximum absolute atomic E-state index is 12.2. The highest BCUT2D eigenvalue weighted by Gasteiger charge is 2.15. The standard InChI is InChI=1S/C13H9Cl3O2S/c14-10-2-4-11(5-3-10)19(17,18)8-9-1-6-12(15)13(16)7-9/h1-7H,8H2. The van der Waals surface area contributed by atoms with Crippen molar-refractivity contribution in [2.45, 2.75) is 10.6 Å². The number of halogens is 3. The van der Waals surface area contributed by atoms with Crippen molar-refractivity contribution in [2.24, 2.45) is 0 Å². The molecule has 0 amide bonds. The molecule has 0 aliphatic heterocycles. The fraction of sp³-hybridized carbons (Fsp3) is 0.0769. The molecule has 0 saturated carbocycles.